The molecule has 154 valence electrons. The van der Waals surface area contributed by atoms with E-state index in [0.717, 1.165) is 16.3 Å². The molecule has 4 aromatic rings. The molecule has 0 atom stereocenters. The molecule has 0 radical (unpaired) electrons. The highest BCUT2D eigenvalue weighted by molar-refractivity contribution is 6.30. The number of carbonyl (C=O) groups is 1. The number of amides is 1. The number of benzene rings is 3. The molecule has 0 aliphatic carbocycles. The molecule has 6 heteroatoms. The van der Waals surface area contributed by atoms with Crippen molar-refractivity contribution in [3.8, 4) is 5.75 Å². The van der Waals surface area contributed by atoms with Crippen LogP contribution in [0.15, 0.2) is 91.3 Å². The van der Waals surface area contributed by atoms with E-state index in [0.29, 0.717) is 16.8 Å². The highest BCUT2D eigenvalue weighted by Gasteiger charge is 2.14. The molecule has 4 rings (SSSR count). The molecule has 0 spiro atoms. The van der Waals surface area contributed by atoms with Gasteiger partial charge in [-0.25, -0.2) is 0 Å². The fourth-order valence-electron chi connectivity index (χ4n) is 3.23. The Hall–Kier alpha value is -4.06. The van der Waals surface area contributed by atoms with Gasteiger partial charge in [0.15, 0.2) is 0 Å². The number of fused-ring (bicyclic) bond motifs is 1. The van der Waals surface area contributed by atoms with Crippen LogP contribution in [-0.4, -0.2) is 17.5 Å². The van der Waals surface area contributed by atoms with Gasteiger partial charge in [0.25, 0.3) is 5.91 Å². The lowest BCUT2D eigenvalue weighted by Crippen LogP contribution is -2.14. The Morgan fingerprint density at radius 3 is 2.45 bits per heavy atom. The van der Waals surface area contributed by atoms with Crippen molar-refractivity contribution in [3.63, 3.8) is 0 Å². The number of nitrogens with one attached hydrogen (secondary N) is 1. The van der Waals surface area contributed by atoms with Crippen LogP contribution in [0.25, 0.3) is 22.4 Å². The fourth-order valence-corrected chi connectivity index (χ4v) is 3.23. The molecule has 4 nitrogen and oxygen atoms in total. The Balaban J connectivity index is 1.68. The number of pyridine rings is 1. The van der Waals surface area contributed by atoms with Gasteiger partial charge in [-0.3, -0.25) is 9.78 Å². The van der Waals surface area contributed by atoms with E-state index in [4.69, 9.17) is 0 Å². The van der Waals surface area contributed by atoms with Crippen LogP contribution in [0.3, 0.4) is 0 Å². The van der Waals surface area contributed by atoms with Crippen molar-refractivity contribution in [2.45, 2.75) is 6.61 Å². The van der Waals surface area contributed by atoms with Gasteiger partial charge in [-0.1, -0.05) is 54.6 Å². The van der Waals surface area contributed by atoms with Gasteiger partial charge in [0, 0.05) is 34.4 Å². The van der Waals surface area contributed by atoms with Crippen molar-refractivity contribution in [1.82, 2.24) is 4.98 Å². The number of hydrogen-bond donors (Lipinski definition) is 1. The summed E-state index contributed by atoms with van der Waals surface area (Å²) in [6, 6.07) is 22.8. The molecule has 1 N–H and O–H groups in total. The summed E-state index contributed by atoms with van der Waals surface area (Å²) in [5.41, 5.74) is 2.52. The molecule has 0 bridgehead atoms. The maximum atomic E-state index is 13.3. The van der Waals surface area contributed by atoms with Crippen molar-refractivity contribution in [3.05, 3.63) is 102 Å². The topological polar surface area (TPSA) is 51.2 Å². The molecule has 3 aromatic carbocycles. The highest BCUT2D eigenvalue weighted by Crippen LogP contribution is 2.26. The van der Waals surface area contributed by atoms with Crippen LogP contribution >= 0.6 is 0 Å². The maximum Gasteiger partial charge on any atom is 0.387 e. The predicted octanol–water partition coefficient (Wildman–Crippen LogP) is 6.02. The average Bonchev–Trinajstić information content (AvgIpc) is 2.79. The van der Waals surface area contributed by atoms with Gasteiger partial charge < -0.3 is 10.1 Å². The summed E-state index contributed by atoms with van der Waals surface area (Å²) >= 11 is 0. The van der Waals surface area contributed by atoms with E-state index in [2.05, 4.69) is 15.0 Å². The molecule has 0 saturated heterocycles. The zero-order valence-electron chi connectivity index (χ0n) is 16.3. The second-order valence-corrected chi connectivity index (χ2v) is 6.73. The van der Waals surface area contributed by atoms with E-state index in [-0.39, 0.29) is 11.7 Å². The van der Waals surface area contributed by atoms with Crippen molar-refractivity contribution < 1.29 is 18.3 Å². The molecular weight excluding hydrogens is 398 g/mol. The van der Waals surface area contributed by atoms with Crippen molar-refractivity contribution in [2.75, 3.05) is 5.32 Å². The third-order valence-electron chi connectivity index (χ3n) is 4.67. The third kappa shape index (κ3) is 4.93. The van der Waals surface area contributed by atoms with Crippen molar-refractivity contribution in [2.24, 2.45) is 0 Å². The number of rotatable bonds is 6. The number of alkyl halides is 2. The molecule has 0 fully saturated rings. The van der Waals surface area contributed by atoms with Crippen LogP contribution in [-0.2, 0) is 4.79 Å². The van der Waals surface area contributed by atoms with E-state index in [1.807, 2.05) is 54.6 Å². The molecule has 1 heterocycles. The van der Waals surface area contributed by atoms with Gasteiger partial charge >= 0.3 is 6.61 Å². The van der Waals surface area contributed by atoms with Crippen LogP contribution in [0.4, 0.5) is 14.5 Å². The van der Waals surface area contributed by atoms with E-state index < -0.39 is 6.61 Å². The third-order valence-corrected chi connectivity index (χ3v) is 4.67. The lowest BCUT2D eigenvalue weighted by atomic mass is 10.0. The summed E-state index contributed by atoms with van der Waals surface area (Å²) in [6.45, 7) is -2.89. The summed E-state index contributed by atoms with van der Waals surface area (Å²) in [7, 11) is 0. The first-order chi connectivity index (χ1) is 15.1. The predicted molar refractivity (Wildman–Crippen MR) is 118 cm³/mol. The van der Waals surface area contributed by atoms with E-state index >= 15 is 0 Å². The van der Waals surface area contributed by atoms with E-state index in [9.17, 15) is 13.6 Å². The lowest BCUT2D eigenvalue weighted by molar-refractivity contribution is -0.111. The largest absolute Gasteiger partial charge is 0.435 e. The summed E-state index contributed by atoms with van der Waals surface area (Å²) in [5.74, 6) is -0.231. The minimum absolute atomic E-state index is 0.0576. The Morgan fingerprint density at radius 2 is 1.71 bits per heavy atom. The molecule has 0 saturated carbocycles. The Kier molecular flexibility index (Phi) is 5.98. The molecule has 1 amide bonds. The van der Waals surface area contributed by atoms with Crippen LogP contribution < -0.4 is 10.1 Å². The zero-order valence-corrected chi connectivity index (χ0v) is 16.3. The van der Waals surface area contributed by atoms with Crippen LogP contribution in [0.5, 0.6) is 5.75 Å². The average molecular weight is 416 g/mol. The van der Waals surface area contributed by atoms with Gasteiger partial charge in [-0.15, -0.1) is 0 Å². The highest BCUT2D eigenvalue weighted by atomic mass is 19.3. The van der Waals surface area contributed by atoms with Gasteiger partial charge in [0.2, 0.25) is 0 Å². The number of anilines is 1. The van der Waals surface area contributed by atoms with Crippen LogP contribution in [0.2, 0.25) is 0 Å². The van der Waals surface area contributed by atoms with Crippen molar-refractivity contribution >= 4 is 34.0 Å². The smallest absolute Gasteiger partial charge is 0.387 e. The fraction of sp³-hybridized carbons (Fsp3) is 0.0400. The first-order valence-electron chi connectivity index (χ1n) is 9.56. The lowest BCUT2D eigenvalue weighted by Gasteiger charge is -2.12. The number of halogens is 2. The number of ether oxygens (including phenoxy) is 1. The Bertz CT molecular complexity index is 1220. The monoisotopic (exact) mass is 416 g/mol. The van der Waals surface area contributed by atoms with E-state index in [1.165, 1.54) is 12.1 Å². The zero-order chi connectivity index (χ0) is 21.6. The SMILES string of the molecule is O=C(Nc1cccc2cnccc12)/C(=C/c1ccc(OC(F)F)cc1)c1ccccc1. The Labute approximate surface area is 177 Å². The van der Waals surface area contributed by atoms with Crippen molar-refractivity contribution in [1.29, 1.82) is 0 Å². The number of hydrogen-bond acceptors (Lipinski definition) is 3. The normalized spacial score (nSPS) is 11.5. The molecule has 0 aliphatic heterocycles. The van der Waals surface area contributed by atoms with E-state index in [1.54, 1.807) is 30.6 Å². The first-order valence-corrected chi connectivity index (χ1v) is 9.56. The minimum atomic E-state index is -2.89. The van der Waals surface area contributed by atoms with Gasteiger partial charge in [0.05, 0.1) is 0 Å². The summed E-state index contributed by atoms with van der Waals surface area (Å²) in [4.78, 5) is 17.4. The number of carbonyl (C=O) groups excluding carboxylic acids is 1. The Morgan fingerprint density at radius 1 is 0.935 bits per heavy atom. The molecule has 1 aromatic heterocycles. The second-order valence-electron chi connectivity index (χ2n) is 6.73. The molecule has 0 unspecified atom stereocenters. The van der Waals surface area contributed by atoms with Gasteiger partial charge in [-0.05, 0) is 41.5 Å². The molecular formula is C25H18F2N2O2. The van der Waals surface area contributed by atoms with Gasteiger partial charge in [-0.2, -0.15) is 8.78 Å². The van der Waals surface area contributed by atoms with Gasteiger partial charge in [0.1, 0.15) is 5.75 Å². The minimum Gasteiger partial charge on any atom is -0.435 e. The first kappa shape index (κ1) is 20.2. The quantitative estimate of drug-likeness (QED) is 0.309. The standard InChI is InChI=1S/C25H18F2N2O2/c26-25(27)31-20-11-9-17(10-12-20)15-22(18-5-2-1-3-6-18)24(30)29-23-8-4-7-19-16-28-14-13-21(19)23/h1-16,25H,(H,29,30)/b22-15+. The van der Waals surface area contributed by atoms with Crippen LogP contribution in [0.1, 0.15) is 11.1 Å². The maximum absolute atomic E-state index is 13.3. The summed E-state index contributed by atoms with van der Waals surface area (Å²) in [6.07, 6.45) is 5.13. The van der Waals surface area contributed by atoms with Crippen LogP contribution in [0, 0.1) is 0 Å². The second kappa shape index (κ2) is 9.17. The molecule has 0 aliphatic rings. The number of aromatic nitrogens is 1. The number of nitrogens with zero attached hydrogens (tertiary/aromatic N) is 1. The molecule has 31 heavy (non-hydrogen) atoms. The summed E-state index contributed by atoms with van der Waals surface area (Å²) < 4.78 is 29.2. The summed E-state index contributed by atoms with van der Waals surface area (Å²) in [5, 5.41) is 4.78.